The van der Waals surface area contributed by atoms with E-state index in [1.54, 1.807) is 0 Å². The summed E-state index contributed by atoms with van der Waals surface area (Å²) in [6.45, 7) is 16.7. The van der Waals surface area contributed by atoms with Crippen molar-refractivity contribution in [3.63, 3.8) is 0 Å². The molecule has 0 aromatic rings. The Morgan fingerprint density at radius 3 is 2.23 bits per heavy atom. The highest BCUT2D eigenvalue weighted by Gasteiger charge is 2.25. The Kier molecular flexibility index (Phi) is 11.1. The Morgan fingerprint density at radius 1 is 0.909 bits per heavy atom. The van der Waals surface area contributed by atoms with Gasteiger partial charge >= 0.3 is 0 Å². The highest BCUT2D eigenvalue weighted by molar-refractivity contribution is 4.85. The number of hydrogen-bond acceptors (Lipinski definition) is 4. The second-order valence-electron chi connectivity index (χ2n) is 7.37. The smallest absolute Gasteiger partial charge is 0.0701 e. The molecule has 0 bridgehead atoms. The summed E-state index contributed by atoms with van der Waals surface area (Å²) in [6.07, 6.45) is 3.76. The van der Waals surface area contributed by atoms with Gasteiger partial charge < -0.3 is 14.8 Å². The van der Waals surface area contributed by atoms with Gasteiger partial charge in [-0.2, -0.15) is 0 Å². The fourth-order valence-electron chi connectivity index (χ4n) is 2.56. The van der Waals surface area contributed by atoms with Crippen LogP contribution < -0.4 is 5.32 Å². The second kappa shape index (κ2) is 12.3. The molecule has 0 spiro atoms. The molecular weight excluding hydrogens is 276 g/mol. The van der Waals surface area contributed by atoms with Crippen molar-refractivity contribution in [3.8, 4) is 0 Å². The van der Waals surface area contributed by atoms with Crippen LogP contribution in [0.25, 0.3) is 0 Å². The maximum atomic E-state index is 5.63. The summed E-state index contributed by atoms with van der Waals surface area (Å²) in [4.78, 5) is 2.45. The Labute approximate surface area is 137 Å². The number of nitrogens with one attached hydrogen (secondary N) is 1. The van der Waals surface area contributed by atoms with E-state index in [-0.39, 0.29) is 0 Å². The van der Waals surface area contributed by atoms with E-state index in [9.17, 15) is 0 Å². The number of hydrogen-bond donors (Lipinski definition) is 1. The minimum Gasteiger partial charge on any atom is -0.379 e. The molecule has 1 aliphatic rings. The molecule has 0 amide bonds. The van der Waals surface area contributed by atoms with E-state index < -0.39 is 0 Å². The maximum Gasteiger partial charge on any atom is 0.0701 e. The van der Waals surface area contributed by atoms with Gasteiger partial charge in [-0.25, -0.2) is 0 Å². The molecule has 1 rings (SSSR count). The molecule has 0 radical (unpaired) electrons. The number of ether oxygens (including phenoxy) is 2. The van der Waals surface area contributed by atoms with E-state index >= 15 is 0 Å². The van der Waals surface area contributed by atoms with Gasteiger partial charge in [0.2, 0.25) is 0 Å². The van der Waals surface area contributed by atoms with Crippen LogP contribution in [-0.4, -0.2) is 63.5 Å². The number of nitrogens with zero attached hydrogens (tertiary/aromatic N) is 1. The van der Waals surface area contributed by atoms with E-state index in [0.717, 1.165) is 51.4 Å². The van der Waals surface area contributed by atoms with Crippen LogP contribution >= 0.6 is 0 Å². The molecule has 132 valence electrons. The van der Waals surface area contributed by atoms with Crippen molar-refractivity contribution in [1.82, 2.24) is 10.2 Å². The number of likely N-dealkylation sites (tertiary alicyclic amines) is 1. The molecule has 22 heavy (non-hydrogen) atoms. The van der Waals surface area contributed by atoms with Crippen molar-refractivity contribution in [3.05, 3.63) is 0 Å². The minimum atomic E-state index is 0.691. The first kappa shape index (κ1) is 19.9. The lowest BCUT2D eigenvalue weighted by Crippen LogP contribution is -2.59. The first-order valence-electron chi connectivity index (χ1n) is 9.19. The van der Waals surface area contributed by atoms with Gasteiger partial charge in [0.05, 0.1) is 19.8 Å². The number of rotatable bonds is 14. The fraction of sp³-hybridized carbons (Fsp3) is 1.00. The molecule has 0 atom stereocenters. The highest BCUT2D eigenvalue weighted by atomic mass is 16.5. The lowest BCUT2D eigenvalue weighted by molar-refractivity contribution is 0.0238. The summed E-state index contributed by atoms with van der Waals surface area (Å²) in [7, 11) is 0. The molecule has 0 aromatic carbocycles. The van der Waals surface area contributed by atoms with Crippen LogP contribution in [0.1, 0.15) is 47.0 Å². The Balaban J connectivity index is 1.74. The van der Waals surface area contributed by atoms with E-state index in [2.05, 4.69) is 37.9 Å². The molecule has 0 aliphatic carbocycles. The molecule has 0 unspecified atom stereocenters. The molecule has 1 N–H and O–H groups in total. The third kappa shape index (κ3) is 10.5. The summed E-state index contributed by atoms with van der Waals surface area (Å²) in [5, 5.41) is 3.59. The molecule has 1 aliphatic heterocycles. The van der Waals surface area contributed by atoms with Crippen LogP contribution in [0.3, 0.4) is 0 Å². The molecule has 4 heteroatoms. The average Bonchev–Trinajstić information content (AvgIpc) is 2.41. The number of unbranched alkanes of at least 4 members (excludes halogenated alkanes) is 1. The third-order valence-corrected chi connectivity index (χ3v) is 4.02. The fourth-order valence-corrected chi connectivity index (χ4v) is 2.56. The molecule has 4 nitrogen and oxygen atoms in total. The van der Waals surface area contributed by atoms with Crippen LogP contribution in [0.5, 0.6) is 0 Å². The van der Waals surface area contributed by atoms with Gasteiger partial charge in [0.15, 0.2) is 0 Å². The molecule has 1 saturated heterocycles. The van der Waals surface area contributed by atoms with Crippen molar-refractivity contribution in [2.75, 3.05) is 52.6 Å². The van der Waals surface area contributed by atoms with Gasteiger partial charge in [-0.05, 0) is 24.8 Å². The van der Waals surface area contributed by atoms with Gasteiger partial charge in [0.25, 0.3) is 0 Å². The summed E-state index contributed by atoms with van der Waals surface area (Å²) in [5.74, 6) is 1.55. The van der Waals surface area contributed by atoms with E-state index in [1.807, 2.05) is 0 Å². The van der Waals surface area contributed by atoms with Crippen LogP contribution in [0.2, 0.25) is 0 Å². The van der Waals surface area contributed by atoms with Crippen molar-refractivity contribution in [1.29, 1.82) is 0 Å². The molecule has 0 saturated carbocycles. The van der Waals surface area contributed by atoms with Crippen molar-refractivity contribution >= 4 is 0 Å². The van der Waals surface area contributed by atoms with Gasteiger partial charge in [-0.3, -0.25) is 4.90 Å². The van der Waals surface area contributed by atoms with Crippen molar-refractivity contribution in [2.45, 2.75) is 53.0 Å². The van der Waals surface area contributed by atoms with Crippen LogP contribution in [0.15, 0.2) is 0 Å². The first-order chi connectivity index (χ1) is 10.6. The maximum absolute atomic E-state index is 5.63. The SMILES string of the molecule is CC(C)CCCCOCCOCCN1CC(NCC(C)C)C1. The lowest BCUT2D eigenvalue weighted by Gasteiger charge is -2.40. The molecule has 1 heterocycles. The quantitative estimate of drug-likeness (QED) is 0.500. The second-order valence-corrected chi connectivity index (χ2v) is 7.37. The van der Waals surface area contributed by atoms with Gasteiger partial charge in [0.1, 0.15) is 0 Å². The first-order valence-corrected chi connectivity index (χ1v) is 9.19. The summed E-state index contributed by atoms with van der Waals surface area (Å²) in [5.41, 5.74) is 0. The zero-order chi connectivity index (χ0) is 16.2. The minimum absolute atomic E-state index is 0.691. The van der Waals surface area contributed by atoms with Gasteiger partial charge in [-0.15, -0.1) is 0 Å². The summed E-state index contributed by atoms with van der Waals surface area (Å²) >= 11 is 0. The predicted molar refractivity (Wildman–Crippen MR) is 93.4 cm³/mol. The molecule has 0 aromatic heterocycles. The Bertz CT molecular complexity index is 253. The standard InChI is InChI=1S/C18H38N2O2/c1-16(2)7-5-6-9-21-11-12-22-10-8-20-14-18(15-20)19-13-17(3)4/h16-19H,5-15H2,1-4H3. The van der Waals surface area contributed by atoms with Crippen molar-refractivity contribution in [2.24, 2.45) is 11.8 Å². The normalized spacial score (nSPS) is 16.6. The van der Waals surface area contributed by atoms with Gasteiger partial charge in [0, 0.05) is 32.3 Å². The molecular formula is C18H38N2O2. The van der Waals surface area contributed by atoms with Crippen LogP contribution in [0, 0.1) is 11.8 Å². The average molecular weight is 315 g/mol. The van der Waals surface area contributed by atoms with Gasteiger partial charge in [-0.1, -0.05) is 40.5 Å². The van der Waals surface area contributed by atoms with Crippen LogP contribution in [0.4, 0.5) is 0 Å². The zero-order valence-corrected chi connectivity index (χ0v) is 15.3. The largest absolute Gasteiger partial charge is 0.379 e. The monoisotopic (exact) mass is 314 g/mol. The topological polar surface area (TPSA) is 33.7 Å². The van der Waals surface area contributed by atoms with E-state index in [1.165, 1.54) is 32.4 Å². The Morgan fingerprint density at radius 2 is 1.59 bits per heavy atom. The van der Waals surface area contributed by atoms with Crippen LogP contribution in [-0.2, 0) is 9.47 Å². The third-order valence-electron chi connectivity index (χ3n) is 4.02. The lowest BCUT2D eigenvalue weighted by atomic mass is 10.1. The van der Waals surface area contributed by atoms with E-state index in [4.69, 9.17) is 9.47 Å². The predicted octanol–water partition coefficient (Wildman–Crippen LogP) is 2.78. The Hall–Kier alpha value is -0.160. The summed E-state index contributed by atoms with van der Waals surface area (Å²) in [6, 6.07) is 0.691. The van der Waals surface area contributed by atoms with E-state index in [0.29, 0.717) is 6.04 Å². The van der Waals surface area contributed by atoms with Crippen molar-refractivity contribution < 1.29 is 9.47 Å². The highest BCUT2D eigenvalue weighted by Crippen LogP contribution is 2.07. The zero-order valence-electron chi connectivity index (χ0n) is 15.3. The molecule has 1 fully saturated rings. The summed E-state index contributed by atoms with van der Waals surface area (Å²) < 4.78 is 11.2.